The van der Waals surface area contributed by atoms with Crippen LogP contribution in [0.1, 0.15) is 52.4 Å². The monoisotopic (exact) mass is 224 g/mol. The van der Waals surface area contributed by atoms with Crippen LogP contribution < -0.4 is 10.6 Å². The van der Waals surface area contributed by atoms with Gasteiger partial charge >= 0.3 is 0 Å². The van der Waals surface area contributed by atoms with Gasteiger partial charge in [0.1, 0.15) is 0 Å². The Morgan fingerprint density at radius 1 is 1.50 bits per heavy atom. The fraction of sp³-hybridized carbons (Fsp3) is 0.923. The highest BCUT2D eigenvalue weighted by molar-refractivity contribution is 5.79. The maximum atomic E-state index is 12.2. The van der Waals surface area contributed by atoms with Gasteiger partial charge in [0.2, 0.25) is 5.91 Å². The zero-order valence-electron chi connectivity index (χ0n) is 10.5. The summed E-state index contributed by atoms with van der Waals surface area (Å²) in [6, 6.07) is 0.489. The third kappa shape index (κ3) is 2.40. The summed E-state index contributed by atoms with van der Waals surface area (Å²) in [5.74, 6) is 0.537. The second-order valence-electron chi connectivity index (χ2n) is 5.55. The topological polar surface area (TPSA) is 41.1 Å². The van der Waals surface area contributed by atoms with E-state index in [-0.39, 0.29) is 11.5 Å². The summed E-state index contributed by atoms with van der Waals surface area (Å²) in [4.78, 5) is 12.2. The van der Waals surface area contributed by atoms with Crippen LogP contribution in [-0.2, 0) is 4.79 Å². The first-order chi connectivity index (χ1) is 7.65. The number of carbonyl (C=O) groups excluding carboxylic acids is 1. The van der Waals surface area contributed by atoms with Crippen molar-refractivity contribution >= 4 is 5.91 Å². The fourth-order valence-corrected chi connectivity index (χ4v) is 2.90. The molecule has 0 aromatic heterocycles. The molecule has 92 valence electrons. The largest absolute Gasteiger partial charge is 0.350 e. The summed E-state index contributed by atoms with van der Waals surface area (Å²) < 4.78 is 0. The van der Waals surface area contributed by atoms with Crippen molar-refractivity contribution in [2.75, 3.05) is 6.54 Å². The van der Waals surface area contributed by atoms with Gasteiger partial charge < -0.3 is 10.6 Å². The molecule has 0 unspecified atom stereocenters. The molecule has 0 aromatic rings. The first kappa shape index (κ1) is 11.9. The van der Waals surface area contributed by atoms with Gasteiger partial charge in [0.05, 0.1) is 0 Å². The average molecular weight is 224 g/mol. The highest BCUT2D eigenvalue weighted by Crippen LogP contribution is 2.35. The molecule has 0 spiro atoms. The molecule has 1 aliphatic heterocycles. The highest BCUT2D eigenvalue weighted by atomic mass is 16.2. The average Bonchev–Trinajstić information content (AvgIpc) is 2.23. The van der Waals surface area contributed by atoms with Crippen LogP contribution in [0.2, 0.25) is 0 Å². The lowest BCUT2D eigenvalue weighted by atomic mass is 9.74. The second-order valence-corrected chi connectivity index (χ2v) is 5.55. The van der Waals surface area contributed by atoms with E-state index >= 15 is 0 Å². The highest BCUT2D eigenvalue weighted by Gasteiger charge is 2.38. The molecule has 0 aromatic carbocycles. The Morgan fingerprint density at radius 3 is 2.75 bits per heavy atom. The van der Waals surface area contributed by atoms with Crippen molar-refractivity contribution in [3.63, 3.8) is 0 Å². The van der Waals surface area contributed by atoms with E-state index < -0.39 is 0 Å². The van der Waals surface area contributed by atoms with Crippen LogP contribution in [-0.4, -0.2) is 24.0 Å². The molecule has 3 nitrogen and oxygen atoms in total. The minimum atomic E-state index is 0.158. The van der Waals surface area contributed by atoms with Gasteiger partial charge in [-0.15, -0.1) is 0 Å². The molecule has 1 aliphatic carbocycles. The van der Waals surface area contributed by atoms with Crippen LogP contribution in [0.15, 0.2) is 0 Å². The normalized spacial score (nSPS) is 32.9. The molecule has 1 heterocycles. The van der Waals surface area contributed by atoms with E-state index in [1.165, 1.54) is 19.3 Å². The minimum Gasteiger partial charge on any atom is -0.350 e. The lowest BCUT2D eigenvalue weighted by molar-refractivity contribution is -0.129. The van der Waals surface area contributed by atoms with Crippen LogP contribution in [0, 0.1) is 5.92 Å². The zero-order valence-corrected chi connectivity index (χ0v) is 10.5. The molecular weight excluding hydrogens is 200 g/mol. The predicted octanol–water partition coefficient (Wildman–Crippen LogP) is 1.82. The molecule has 2 N–H and O–H groups in total. The van der Waals surface area contributed by atoms with Crippen molar-refractivity contribution in [3.05, 3.63) is 0 Å². The number of hydrogen-bond acceptors (Lipinski definition) is 2. The number of rotatable bonds is 3. The van der Waals surface area contributed by atoms with Crippen molar-refractivity contribution in [3.8, 4) is 0 Å². The maximum absolute atomic E-state index is 12.2. The summed E-state index contributed by atoms with van der Waals surface area (Å²) in [7, 11) is 0. The van der Waals surface area contributed by atoms with E-state index in [1.807, 2.05) is 0 Å². The van der Waals surface area contributed by atoms with Crippen molar-refractivity contribution in [1.29, 1.82) is 0 Å². The molecule has 2 fully saturated rings. The van der Waals surface area contributed by atoms with Crippen molar-refractivity contribution < 1.29 is 4.79 Å². The number of nitrogens with one attached hydrogen (secondary N) is 2. The summed E-state index contributed by atoms with van der Waals surface area (Å²) in [5.41, 5.74) is 0.158. The molecule has 2 atom stereocenters. The summed E-state index contributed by atoms with van der Waals surface area (Å²) >= 11 is 0. The van der Waals surface area contributed by atoms with Gasteiger partial charge in [-0.1, -0.05) is 6.92 Å². The lowest BCUT2D eigenvalue weighted by Gasteiger charge is -2.43. The Bertz CT molecular complexity index is 255. The van der Waals surface area contributed by atoms with Gasteiger partial charge in [-0.25, -0.2) is 0 Å². The van der Waals surface area contributed by atoms with Crippen LogP contribution >= 0.6 is 0 Å². The Hall–Kier alpha value is -0.570. The standard InChI is InChI=1S/C13H24N2O/c1-3-13(6-4-7-13)15-12(16)11-5-8-14-10(2)9-11/h10-11,14H,3-9H2,1-2H3,(H,15,16)/t10-,11-/m0/s1. The van der Waals surface area contributed by atoms with E-state index in [9.17, 15) is 4.79 Å². The van der Waals surface area contributed by atoms with Crippen molar-refractivity contribution in [1.82, 2.24) is 10.6 Å². The van der Waals surface area contributed by atoms with Crippen LogP contribution in [0.25, 0.3) is 0 Å². The number of amides is 1. The van der Waals surface area contributed by atoms with E-state index in [4.69, 9.17) is 0 Å². The minimum absolute atomic E-state index is 0.158. The Labute approximate surface area is 98.4 Å². The SMILES string of the molecule is CCC1(NC(=O)[C@H]2CCN[C@@H](C)C2)CCC1. The van der Waals surface area contributed by atoms with Gasteiger partial charge in [-0.3, -0.25) is 4.79 Å². The van der Waals surface area contributed by atoms with Crippen LogP contribution in [0.4, 0.5) is 0 Å². The quantitative estimate of drug-likeness (QED) is 0.768. The van der Waals surface area contributed by atoms with E-state index in [0.717, 1.165) is 25.8 Å². The lowest BCUT2D eigenvalue weighted by Crippen LogP contribution is -2.55. The predicted molar refractivity (Wildman–Crippen MR) is 65.2 cm³/mol. The second kappa shape index (κ2) is 4.74. The number of piperidine rings is 1. The Balaban J connectivity index is 1.87. The van der Waals surface area contributed by atoms with Gasteiger partial charge in [-0.05, 0) is 52.0 Å². The van der Waals surface area contributed by atoms with Gasteiger partial charge in [0.15, 0.2) is 0 Å². The fourth-order valence-electron chi connectivity index (χ4n) is 2.90. The van der Waals surface area contributed by atoms with Crippen LogP contribution in [0.5, 0.6) is 0 Å². The van der Waals surface area contributed by atoms with Crippen molar-refractivity contribution in [2.45, 2.75) is 64.0 Å². The molecule has 2 rings (SSSR count). The van der Waals surface area contributed by atoms with Gasteiger partial charge in [-0.2, -0.15) is 0 Å². The molecular formula is C13H24N2O. The number of hydrogen-bond donors (Lipinski definition) is 2. The zero-order chi connectivity index (χ0) is 11.6. The molecule has 0 bridgehead atoms. The van der Waals surface area contributed by atoms with E-state index in [2.05, 4.69) is 24.5 Å². The third-order valence-electron chi connectivity index (χ3n) is 4.37. The molecule has 1 amide bonds. The smallest absolute Gasteiger partial charge is 0.223 e. The molecule has 2 aliphatic rings. The van der Waals surface area contributed by atoms with Crippen LogP contribution in [0.3, 0.4) is 0 Å². The van der Waals surface area contributed by atoms with E-state index in [0.29, 0.717) is 11.9 Å². The van der Waals surface area contributed by atoms with Gasteiger partial charge in [0, 0.05) is 17.5 Å². The maximum Gasteiger partial charge on any atom is 0.223 e. The Kier molecular flexibility index (Phi) is 3.53. The molecule has 0 radical (unpaired) electrons. The first-order valence-corrected chi connectivity index (χ1v) is 6.70. The third-order valence-corrected chi connectivity index (χ3v) is 4.37. The number of carbonyl (C=O) groups is 1. The summed E-state index contributed by atoms with van der Waals surface area (Å²) in [6.45, 7) is 5.33. The molecule has 3 heteroatoms. The molecule has 1 saturated heterocycles. The summed E-state index contributed by atoms with van der Waals surface area (Å²) in [6.07, 6.45) is 6.70. The first-order valence-electron chi connectivity index (χ1n) is 6.70. The molecule has 16 heavy (non-hydrogen) atoms. The van der Waals surface area contributed by atoms with Crippen molar-refractivity contribution in [2.24, 2.45) is 5.92 Å². The molecule has 1 saturated carbocycles. The Morgan fingerprint density at radius 2 is 2.25 bits per heavy atom. The van der Waals surface area contributed by atoms with Gasteiger partial charge in [0.25, 0.3) is 0 Å². The summed E-state index contributed by atoms with van der Waals surface area (Å²) in [5, 5.41) is 6.69. The van der Waals surface area contributed by atoms with E-state index in [1.54, 1.807) is 0 Å².